The maximum absolute atomic E-state index is 12.1. The van der Waals surface area contributed by atoms with Crippen LogP contribution in [0.4, 0.5) is 0 Å². The van der Waals surface area contributed by atoms with E-state index in [9.17, 15) is 9.59 Å². The van der Waals surface area contributed by atoms with E-state index in [1.807, 2.05) is 13.8 Å². The van der Waals surface area contributed by atoms with Crippen LogP contribution >= 0.6 is 11.8 Å². The van der Waals surface area contributed by atoms with Gasteiger partial charge in [-0.3, -0.25) is 4.79 Å². The molecule has 0 heterocycles. The highest BCUT2D eigenvalue weighted by Crippen LogP contribution is 2.27. The number of carboxylic acids is 1. The molecule has 5 heteroatoms. The Morgan fingerprint density at radius 1 is 1.25 bits per heavy atom. The number of carbonyl (C=O) groups excluding carboxylic acids is 1. The van der Waals surface area contributed by atoms with Gasteiger partial charge in [-0.1, -0.05) is 26.0 Å². The number of carbonyl (C=O) groups is 2. The minimum Gasteiger partial charge on any atom is -0.478 e. The van der Waals surface area contributed by atoms with Crippen LogP contribution in [0.15, 0.2) is 29.2 Å². The van der Waals surface area contributed by atoms with E-state index >= 15 is 0 Å². The second-order valence-electron chi connectivity index (χ2n) is 4.58. The highest BCUT2D eigenvalue weighted by atomic mass is 32.2. The number of hydrogen-bond acceptors (Lipinski definition) is 3. The summed E-state index contributed by atoms with van der Waals surface area (Å²) in [5, 5.41) is 11.8. The molecule has 1 aromatic rings. The third-order valence-corrected chi connectivity index (χ3v) is 4.30. The molecular formula is C15H21NO3S. The van der Waals surface area contributed by atoms with Gasteiger partial charge in [0.05, 0.1) is 10.8 Å². The molecule has 0 fully saturated rings. The number of nitrogens with one attached hydrogen (secondary N) is 1. The molecule has 1 atom stereocenters. The number of hydrogen-bond donors (Lipinski definition) is 2. The number of thioether (sulfide) groups is 1. The predicted octanol–water partition coefficient (Wildman–Crippen LogP) is 3.17. The Morgan fingerprint density at radius 2 is 1.85 bits per heavy atom. The van der Waals surface area contributed by atoms with Crippen LogP contribution < -0.4 is 5.32 Å². The predicted molar refractivity (Wildman–Crippen MR) is 81.2 cm³/mol. The number of aromatic carboxylic acids is 1. The van der Waals surface area contributed by atoms with Crippen LogP contribution in [0.2, 0.25) is 0 Å². The minimum atomic E-state index is -0.972. The summed E-state index contributed by atoms with van der Waals surface area (Å²) in [5.41, 5.74) is 0.236. The van der Waals surface area contributed by atoms with Gasteiger partial charge in [-0.2, -0.15) is 0 Å². The van der Waals surface area contributed by atoms with Crippen molar-refractivity contribution in [2.75, 3.05) is 0 Å². The average Bonchev–Trinajstić information content (AvgIpc) is 2.44. The Balaban J connectivity index is 2.73. The van der Waals surface area contributed by atoms with E-state index in [1.54, 1.807) is 31.2 Å². The summed E-state index contributed by atoms with van der Waals surface area (Å²) in [7, 11) is 0. The van der Waals surface area contributed by atoms with Crippen molar-refractivity contribution < 1.29 is 14.7 Å². The lowest BCUT2D eigenvalue weighted by Crippen LogP contribution is -2.38. The first-order chi connectivity index (χ1) is 9.49. The van der Waals surface area contributed by atoms with Gasteiger partial charge in [0.25, 0.3) is 0 Å². The van der Waals surface area contributed by atoms with E-state index in [-0.39, 0.29) is 22.8 Å². The molecule has 1 aromatic carbocycles. The maximum Gasteiger partial charge on any atom is 0.336 e. The van der Waals surface area contributed by atoms with Crippen molar-refractivity contribution in [1.29, 1.82) is 0 Å². The standard InChI is InChI=1S/C15H21NO3S/c1-4-11(5-2)16-14(17)10(3)20-13-9-7-6-8-12(13)15(18)19/h6-11H,4-5H2,1-3H3,(H,16,17)(H,18,19). The normalized spacial score (nSPS) is 12.2. The molecular weight excluding hydrogens is 274 g/mol. The zero-order valence-corrected chi connectivity index (χ0v) is 12.9. The first-order valence-corrected chi connectivity index (χ1v) is 7.66. The lowest BCUT2D eigenvalue weighted by molar-refractivity contribution is -0.121. The van der Waals surface area contributed by atoms with Gasteiger partial charge in [0.15, 0.2) is 0 Å². The van der Waals surface area contributed by atoms with Crippen molar-refractivity contribution in [2.24, 2.45) is 0 Å². The summed E-state index contributed by atoms with van der Waals surface area (Å²) in [4.78, 5) is 23.8. The molecule has 0 spiro atoms. The highest BCUT2D eigenvalue weighted by molar-refractivity contribution is 8.00. The number of amides is 1. The van der Waals surface area contributed by atoms with E-state index in [0.717, 1.165) is 12.8 Å². The fraction of sp³-hybridized carbons (Fsp3) is 0.467. The molecule has 0 bridgehead atoms. The number of carboxylic acid groups (broad SMARTS) is 1. The summed E-state index contributed by atoms with van der Waals surface area (Å²) >= 11 is 1.28. The molecule has 0 aromatic heterocycles. The van der Waals surface area contributed by atoms with Crippen molar-refractivity contribution in [1.82, 2.24) is 5.32 Å². The first kappa shape index (κ1) is 16.6. The smallest absolute Gasteiger partial charge is 0.336 e. The molecule has 0 saturated carbocycles. The first-order valence-electron chi connectivity index (χ1n) is 6.78. The number of benzene rings is 1. The van der Waals surface area contributed by atoms with E-state index in [4.69, 9.17) is 5.11 Å². The van der Waals surface area contributed by atoms with Gasteiger partial charge in [-0.25, -0.2) is 4.79 Å². The Hall–Kier alpha value is -1.49. The van der Waals surface area contributed by atoms with Gasteiger partial charge in [0.2, 0.25) is 5.91 Å². The topological polar surface area (TPSA) is 66.4 Å². The lowest BCUT2D eigenvalue weighted by atomic mass is 10.2. The zero-order valence-electron chi connectivity index (χ0n) is 12.1. The Labute approximate surface area is 124 Å². The SMILES string of the molecule is CCC(CC)NC(=O)C(C)Sc1ccccc1C(=O)O. The van der Waals surface area contributed by atoms with Crippen LogP contribution in [-0.2, 0) is 4.79 Å². The van der Waals surface area contributed by atoms with E-state index in [0.29, 0.717) is 4.90 Å². The molecule has 4 nitrogen and oxygen atoms in total. The van der Waals surface area contributed by atoms with Crippen LogP contribution in [0.25, 0.3) is 0 Å². The van der Waals surface area contributed by atoms with Crippen LogP contribution in [0, 0.1) is 0 Å². The summed E-state index contributed by atoms with van der Waals surface area (Å²) < 4.78 is 0. The fourth-order valence-electron chi connectivity index (χ4n) is 1.80. The summed E-state index contributed by atoms with van der Waals surface area (Å²) in [6, 6.07) is 6.92. The monoisotopic (exact) mass is 295 g/mol. The van der Waals surface area contributed by atoms with Crippen LogP contribution in [0.1, 0.15) is 44.0 Å². The molecule has 1 unspecified atom stereocenters. The third-order valence-electron chi connectivity index (χ3n) is 3.12. The second-order valence-corrected chi connectivity index (χ2v) is 5.97. The molecule has 0 saturated heterocycles. The Kier molecular flexibility index (Phi) is 6.58. The second kappa shape index (κ2) is 7.94. The third kappa shape index (κ3) is 4.56. The van der Waals surface area contributed by atoms with Gasteiger partial charge in [0.1, 0.15) is 0 Å². The Morgan fingerprint density at radius 3 is 2.40 bits per heavy atom. The van der Waals surface area contributed by atoms with Gasteiger partial charge in [0, 0.05) is 10.9 Å². The Bertz CT molecular complexity index is 472. The molecule has 20 heavy (non-hydrogen) atoms. The van der Waals surface area contributed by atoms with Gasteiger partial charge < -0.3 is 10.4 Å². The summed E-state index contributed by atoms with van der Waals surface area (Å²) in [6.45, 7) is 5.86. The minimum absolute atomic E-state index is 0.0520. The van der Waals surface area contributed by atoms with Gasteiger partial charge >= 0.3 is 5.97 Å². The van der Waals surface area contributed by atoms with Crippen molar-refractivity contribution in [3.8, 4) is 0 Å². The molecule has 1 amide bonds. The molecule has 0 aliphatic carbocycles. The number of rotatable bonds is 7. The molecule has 0 aliphatic rings. The van der Waals surface area contributed by atoms with Crippen LogP contribution in [-0.4, -0.2) is 28.3 Å². The summed E-state index contributed by atoms with van der Waals surface area (Å²) in [5.74, 6) is -1.02. The zero-order chi connectivity index (χ0) is 15.1. The molecule has 1 rings (SSSR count). The van der Waals surface area contributed by atoms with Gasteiger partial charge in [-0.15, -0.1) is 11.8 Å². The highest BCUT2D eigenvalue weighted by Gasteiger charge is 2.19. The molecule has 2 N–H and O–H groups in total. The largest absolute Gasteiger partial charge is 0.478 e. The molecule has 0 radical (unpaired) electrons. The van der Waals surface area contributed by atoms with E-state index in [2.05, 4.69) is 5.32 Å². The van der Waals surface area contributed by atoms with Crippen molar-refractivity contribution in [3.63, 3.8) is 0 Å². The van der Waals surface area contributed by atoms with E-state index in [1.165, 1.54) is 11.8 Å². The van der Waals surface area contributed by atoms with E-state index < -0.39 is 5.97 Å². The average molecular weight is 295 g/mol. The van der Waals surface area contributed by atoms with Crippen molar-refractivity contribution in [3.05, 3.63) is 29.8 Å². The quantitative estimate of drug-likeness (QED) is 0.758. The van der Waals surface area contributed by atoms with Crippen LogP contribution in [0.3, 0.4) is 0 Å². The lowest BCUT2D eigenvalue weighted by Gasteiger charge is -2.18. The fourth-order valence-corrected chi connectivity index (χ4v) is 2.80. The van der Waals surface area contributed by atoms with Gasteiger partial charge in [-0.05, 0) is 31.9 Å². The summed E-state index contributed by atoms with van der Waals surface area (Å²) in [6.07, 6.45) is 1.79. The van der Waals surface area contributed by atoms with Crippen molar-refractivity contribution >= 4 is 23.6 Å². The van der Waals surface area contributed by atoms with Crippen molar-refractivity contribution in [2.45, 2.75) is 49.8 Å². The molecule has 0 aliphatic heterocycles. The maximum atomic E-state index is 12.1. The molecule has 110 valence electrons. The van der Waals surface area contributed by atoms with Crippen LogP contribution in [0.5, 0.6) is 0 Å².